The Hall–Kier alpha value is -2.25. The predicted octanol–water partition coefficient (Wildman–Crippen LogP) is 2.12. The summed E-state index contributed by atoms with van der Waals surface area (Å²) in [6, 6.07) is 6.22. The standard InChI is InChI=1S/C19H25N5O2/c1-25-17-15(4-2-7-20-17)13-24-10-6-19(14-24)12-16(5-11-26-19)23-18-21-8-3-9-22-18/h2-4,7-9,16H,5-6,10-14H2,1H3,(H,21,22,23)/t16-,19-/m1/s1. The number of hydrogen-bond acceptors (Lipinski definition) is 7. The Morgan fingerprint density at radius 3 is 2.96 bits per heavy atom. The van der Waals surface area contributed by atoms with Gasteiger partial charge in [-0.15, -0.1) is 0 Å². The van der Waals surface area contributed by atoms with E-state index >= 15 is 0 Å². The van der Waals surface area contributed by atoms with Crippen molar-refractivity contribution in [2.24, 2.45) is 0 Å². The van der Waals surface area contributed by atoms with Gasteiger partial charge in [0.25, 0.3) is 0 Å². The van der Waals surface area contributed by atoms with E-state index in [0.29, 0.717) is 17.9 Å². The number of pyridine rings is 1. The number of nitrogens with zero attached hydrogens (tertiary/aromatic N) is 4. The largest absolute Gasteiger partial charge is 0.481 e. The van der Waals surface area contributed by atoms with Gasteiger partial charge in [0, 0.05) is 56.4 Å². The lowest BCUT2D eigenvalue weighted by atomic mass is 9.89. The first-order chi connectivity index (χ1) is 12.8. The normalized spacial score (nSPS) is 26.1. The fourth-order valence-corrected chi connectivity index (χ4v) is 4.02. The minimum atomic E-state index is -0.0832. The van der Waals surface area contributed by atoms with E-state index in [9.17, 15) is 0 Å². The summed E-state index contributed by atoms with van der Waals surface area (Å²) in [4.78, 5) is 15.3. The number of nitrogens with one attached hydrogen (secondary N) is 1. The molecule has 4 rings (SSSR count). The number of methoxy groups -OCH3 is 1. The van der Waals surface area contributed by atoms with Crippen LogP contribution in [0.5, 0.6) is 5.88 Å². The highest BCUT2D eigenvalue weighted by atomic mass is 16.5. The number of aromatic nitrogens is 3. The molecule has 2 aliphatic rings. The molecular weight excluding hydrogens is 330 g/mol. The molecule has 26 heavy (non-hydrogen) atoms. The van der Waals surface area contributed by atoms with Crippen LogP contribution in [0.3, 0.4) is 0 Å². The number of hydrogen-bond donors (Lipinski definition) is 1. The van der Waals surface area contributed by atoms with Crippen LogP contribution in [-0.4, -0.2) is 58.3 Å². The Kier molecular flexibility index (Phi) is 4.99. The summed E-state index contributed by atoms with van der Waals surface area (Å²) in [5.41, 5.74) is 1.04. The second kappa shape index (κ2) is 7.55. The van der Waals surface area contributed by atoms with Crippen LogP contribution in [-0.2, 0) is 11.3 Å². The van der Waals surface area contributed by atoms with Gasteiger partial charge in [-0.05, 0) is 31.4 Å². The molecule has 138 valence electrons. The lowest BCUT2D eigenvalue weighted by molar-refractivity contribution is -0.0737. The first-order valence-electron chi connectivity index (χ1n) is 9.14. The fraction of sp³-hybridized carbons (Fsp3) is 0.526. The molecule has 2 aliphatic heterocycles. The summed E-state index contributed by atoms with van der Waals surface area (Å²) in [6.45, 7) is 3.56. The van der Waals surface area contributed by atoms with Crippen LogP contribution in [0.4, 0.5) is 5.95 Å². The van der Waals surface area contributed by atoms with E-state index in [-0.39, 0.29) is 5.60 Å². The van der Waals surface area contributed by atoms with E-state index in [4.69, 9.17) is 9.47 Å². The summed E-state index contributed by atoms with van der Waals surface area (Å²) < 4.78 is 11.6. The molecule has 2 atom stereocenters. The summed E-state index contributed by atoms with van der Waals surface area (Å²) in [5, 5.41) is 3.46. The molecule has 1 spiro atoms. The van der Waals surface area contributed by atoms with Crippen LogP contribution >= 0.6 is 0 Å². The lowest BCUT2D eigenvalue weighted by Crippen LogP contribution is -2.46. The molecule has 0 aliphatic carbocycles. The van der Waals surface area contributed by atoms with E-state index in [1.807, 2.05) is 12.1 Å². The maximum Gasteiger partial charge on any atom is 0.222 e. The van der Waals surface area contributed by atoms with Gasteiger partial charge in [-0.1, -0.05) is 6.07 Å². The molecule has 7 heteroatoms. The lowest BCUT2D eigenvalue weighted by Gasteiger charge is -2.38. The second-order valence-corrected chi connectivity index (χ2v) is 7.07. The molecule has 1 N–H and O–H groups in total. The fourth-order valence-electron chi connectivity index (χ4n) is 4.02. The molecule has 0 amide bonds. The average Bonchev–Trinajstić information content (AvgIpc) is 3.04. The minimum absolute atomic E-state index is 0.0832. The molecule has 0 unspecified atom stereocenters. The Labute approximate surface area is 153 Å². The van der Waals surface area contributed by atoms with Gasteiger partial charge in [0.1, 0.15) is 0 Å². The van der Waals surface area contributed by atoms with Gasteiger partial charge >= 0.3 is 0 Å². The number of likely N-dealkylation sites (tertiary alicyclic amines) is 1. The zero-order valence-electron chi connectivity index (χ0n) is 15.1. The molecule has 0 aromatic carbocycles. The van der Waals surface area contributed by atoms with Gasteiger partial charge in [0.05, 0.1) is 12.7 Å². The molecule has 2 saturated heterocycles. The third-order valence-electron chi connectivity index (χ3n) is 5.22. The van der Waals surface area contributed by atoms with Gasteiger partial charge in [0.15, 0.2) is 0 Å². The van der Waals surface area contributed by atoms with Crippen molar-refractivity contribution in [3.05, 3.63) is 42.4 Å². The van der Waals surface area contributed by atoms with Gasteiger partial charge in [-0.3, -0.25) is 4.90 Å². The van der Waals surface area contributed by atoms with Crippen molar-refractivity contribution in [1.82, 2.24) is 19.9 Å². The van der Waals surface area contributed by atoms with Crippen molar-refractivity contribution in [2.75, 3.05) is 32.1 Å². The van der Waals surface area contributed by atoms with E-state index in [1.165, 1.54) is 0 Å². The van der Waals surface area contributed by atoms with Crippen molar-refractivity contribution in [3.8, 4) is 5.88 Å². The Balaban J connectivity index is 1.38. The molecule has 2 fully saturated rings. The zero-order chi connectivity index (χ0) is 17.8. The highest BCUT2D eigenvalue weighted by Crippen LogP contribution is 2.36. The molecule has 2 aromatic rings. The van der Waals surface area contributed by atoms with Crippen LogP contribution < -0.4 is 10.1 Å². The zero-order valence-corrected chi connectivity index (χ0v) is 15.1. The number of anilines is 1. The Morgan fingerprint density at radius 1 is 1.27 bits per heavy atom. The minimum Gasteiger partial charge on any atom is -0.481 e. The van der Waals surface area contributed by atoms with Gasteiger partial charge in [-0.25, -0.2) is 15.0 Å². The molecular formula is C19H25N5O2. The van der Waals surface area contributed by atoms with Crippen molar-refractivity contribution in [2.45, 2.75) is 37.5 Å². The van der Waals surface area contributed by atoms with Crippen molar-refractivity contribution < 1.29 is 9.47 Å². The Morgan fingerprint density at radius 2 is 2.12 bits per heavy atom. The second-order valence-electron chi connectivity index (χ2n) is 7.07. The van der Waals surface area contributed by atoms with Crippen molar-refractivity contribution in [1.29, 1.82) is 0 Å². The highest BCUT2D eigenvalue weighted by Gasteiger charge is 2.43. The smallest absolute Gasteiger partial charge is 0.222 e. The average molecular weight is 355 g/mol. The van der Waals surface area contributed by atoms with Crippen LogP contribution in [0.2, 0.25) is 0 Å². The summed E-state index contributed by atoms with van der Waals surface area (Å²) in [5.74, 6) is 1.41. The maximum atomic E-state index is 6.25. The van der Waals surface area contributed by atoms with Crippen LogP contribution in [0.1, 0.15) is 24.8 Å². The molecule has 0 bridgehead atoms. The topological polar surface area (TPSA) is 72.4 Å². The maximum absolute atomic E-state index is 6.25. The van der Waals surface area contributed by atoms with Gasteiger partial charge in [-0.2, -0.15) is 0 Å². The molecule has 2 aromatic heterocycles. The van der Waals surface area contributed by atoms with Crippen molar-refractivity contribution >= 4 is 5.95 Å². The van der Waals surface area contributed by atoms with Gasteiger partial charge < -0.3 is 14.8 Å². The summed E-state index contributed by atoms with van der Waals surface area (Å²) in [7, 11) is 1.67. The van der Waals surface area contributed by atoms with E-state index in [0.717, 1.165) is 51.1 Å². The molecule has 0 saturated carbocycles. The molecule has 4 heterocycles. The number of ether oxygens (including phenoxy) is 2. The third kappa shape index (κ3) is 3.78. The first kappa shape index (κ1) is 17.2. The quantitative estimate of drug-likeness (QED) is 0.881. The Bertz CT molecular complexity index is 729. The van der Waals surface area contributed by atoms with Crippen LogP contribution in [0.25, 0.3) is 0 Å². The van der Waals surface area contributed by atoms with Crippen LogP contribution in [0.15, 0.2) is 36.8 Å². The first-order valence-corrected chi connectivity index (χ1v) is 9.14. The molecule has 0 radical (unpaired) electrons. The predicted molar refractivity (Wildman–Crippen MR) is 98.0 cm³/mol. The summed E-state index contributed by atoms with van der Waals surface area (Å²) in [6.07, 6.45) is 8.30. The SMILES string of the molecule is COc1ncccc1CN1CC[C@@]2(C[C@H](Nc3ncccn3)CCO2)C1. The monoisotopic (exact) mass is 355 g/mol. The highest BCUT2D eigenvalue weighted by molar-refractivity contribution is 5.26. The van der Waals surface area contributed by atoms with E-state index < -0.39 is 0 Å². The van der Waals surface area contributed by atoms with E-state index in [1.54, 1.807) is 25.7 Å². The van der Waals surface area contributed by atoms with Crippen molar-refractivity contribution in [3.63, 3.8) is 0 Å². The third-order valence-corrected chi connectivity index (χ3v) is 5.22. The van der Waals surface area contributed by atoms with Crippen LogP contribution in [0, 0.1) is 0 Å². The van der Waals surface area contributed by atoms with E-state index in [2.05, 4.69) is 31.2 Å². The number of rotatable bonds is 5. The molecule has 7 nitrogen and oxygen atoms in total. The van der Waals surface area contributed by atoms with Gasteiger partial charge in [0.2, 0.25) is 11.8 Å². The summed E-state index contributed by atoms with van der Waals surface area (Å²) >= 11 is 0.